The van der Waals surface area contributed by atoms with Crippen LogP contribution in [0.4, 0.5) is 5.69 Å². The SMILES string of the molecule is Cn1c(=O)oc2ccc(NC(=O)c3cc(-c4ccccc4)on3)cc21. The van der Waals surface area contributed by atoms with E-state index in [1.807, 2.05) is 30.3 Å². The Morgan fingerprint density at radius 2 is 1.92 bits per heavy atom. The molecule has 0 aliphatic rings. The van der Waals surface area contributed by atoms with Gasteiger partial charge in [-0.2, -0.15) is 0 Å². The van der Waals surface area contributed by atoms with Crippen molar-refractivity contribution in [3.63, 3.8) is 0 Å². The molecule has 0 unspecified atom stereocenters. The number of carbonyl (C=O) groups is 1. The van der Waals surface area contributed by atoms with Gasteiger partial charge in [0.25, 0.3) is 5.91 Å². The van der Waals surface area contributed by atoms with E-state index < -0.39 is 11.7 Å². The Labute approximate surface area is 141 Å². The Kier molecular flexibility index (Phi) is 3.46. The second-order valence-corrected chi connectivity index (χ2v) is 5.51. The predicted octanol–water partition coefficient (Wildman–Crippen LogP) is 3.04. The van der Waals surface area contributed by atoms with Crippen molar-refractivity contribution in [1.82, 2.24) is 9.72 Å². The lowest BCUT2D eigenvalue weighted by Crippen LogP contribution is -2.12. The minimum Gasteiger partial charge on any atom is -0.408 e. The predicted molar refractivity (Wildman–Crippen MR) is 91.3 cm³/mol. The first kappa shape index (κ1) is 14.9. The van der Waals surface area contributed by atoms with Gasteiger partial charge in [0.2, 0.25) is 0 Å². The summed E-state index contributed by atoms with van der Waals surface area (Å²) in [6, 6.07) is 15.9. The number of amides is 1. The van der Waals surface area contributed by atoms with Crippen molar-refractivity contribution < 1.29 is 13.7 Å². The average Bonchev–Trinajstić information content (AvgIpc) is 3.22. The van der Waals surface area contributed by atoms with Gasteiger partial charge in [0.05, 0.1) is 5.52 Å². The summed E-state index contributed by atoms with van der Waals surface area (Å²) in [4.78, 5) is 23.9. The van der Waals surface area contributed by atoms with Gasteiger partial charge in [-0.05, 0) is 18.2 Å². The molecule has 0 spiro atoms. The van der Waals surface area contributed by atoms with Gasteiger partial charge in [0.1, 0.15) is 0 Å². The van der Waals surface area contributed by atoms with E-state index in [2.05, 4.69) is 10.5 Å². The van der Waals surface area contributed by atoms with Crippen LogP contribution in [0.15, 0.2) is 68.3 Å². The number of carbonyl (C=O) groups excluding carboxylic acids is 1. The molecular weight excluding hydrogens is 322 g/mol. The number of aryl methyl sites for hydroxylation is 1. The Morgan fingerprint density at radius 1 is 1.12 bits per heavy atom. The molecule has 2 heterocycles. The summed E-state index contributed by atoms with van der Waals surface area (Å²) >= 11 is 0. The van der Waals surface area contributed by atoms with Gasteiger partial charge in [0.15, 0.2) is 17.0 Å². The molecule has 1 amide bonds. The van der Waals surface area contributed by atoms with E-state index in [1.165, 1.54) is 4.57 Å². The Bertz CT molecular complexity index is 1120. The Balaban J connectivity index is 1.59. The highest BCUT2D eigenvalue weighted by Gasteiger charge is 2.15. The molecule has 0 bridgehead atoms. The molecule has 4 aromatic rings. The molecule has 0 aliphatic carbocycles. The molecule has 0 saturated carbocycles. The lowest BCUT2D eigenvalue weighted by molar-refractivity contribution is 0.101. The zero-order valence-corrected chi connectivity index (χ0v) is 13.2. The van der Waals surface area contributed by atoms with Crippen LogP contribution in [0.2, 0.25) is 0 Å². The van der Waals surface area contributed by atoms with E-state index in [9.17, 15) is 9.59 Å². The van der Waals surface area contributed by atoms with Crippen LogP contribution in [-0.2, 0) is 7.05 Å². The third kappa shape index (κ3) is 2.72. The second-order valence-electron chi connectivity index (χ2n) is 5.51. The zero-order chi connectivity index (χ0) is 17.4. The lowest BCUT2D eigenvalue weighted by Gasteiger charge is -2.02. The van der Waals surface area contributed by atoms with E-state index >= 15 is 0 Å². The second kappa shape index (κ2) is 5.79. The molecule has 0 atom stereocenters. The maximum atomic E-state index is 12.4. The monoisotopic (exact) mass is 335 g/mol. The topological polar surface area (TPSA) is 90.3 Å². The van der Waals surface area contributed by atoms with Gasteiger partial charge in [-0.25, -0.2) is 4.79 Å². The fourth-order valence-electron chi connectivity index (χ4n) is 2.52. The smallest absolute Gasteiger partial charge is 0.408 e. The van der Waals surface area contributed by atoms with E-state index in [0.717, 1.165) is 5.56 Å². The Morgan fingerprint density at radius 3 is 2.72 bits per heavy atom. The largest absolute Gasteiger partial charge is 0.419 e. The van der Waals surface area contributed by atoms with Crippen molar-refractivity contribution >= 4 is 22.7 Å². The standard InChI is InChI=1S/C18H13N3O4/c1-21-14-9-12(7-8-15(14)24-18(21)23)19-17(22)13-10-16(25-20-13)11-5-3-2-4-6-11/h2-10H,1H3,(H,19,22). The average molecular weight is 335 g/mol. The van der Waals surface area contributed by atoms with Crippen molar-refractivity contribution in [2.24, 2.45) is 7.05 Å². The summed E-state index contributed by atoms with van der Waals surface area (Å²) in [5.41, 5.74) is 2.58. The summed E-state index contributed by atoms with van der Waals surface area (Å²) in [5.74, 6) is -0.348. The summed E-state index contributed by atoms with van der Waals surface area (Å²) < 4.78 is 11.7. The van der Waals surface area contributed by atoms with Crippen LogP contribution < -0.4 is 11.1 Å². The van der Waals surface area contributed by atoms with Crippen LogP contribution >= 0.6 is 0 Å². The van der Waals surface area contributed by atoms with Gasteiger partial charge in [-0.15, -0.1) is 0 Å². The maximum absolute atomic E-state index is 12.4. The quantitative estimate of drug-likeness (QED) is 0.621. The molecule has 1 N–H and O–H groups in total. The minimum absolute atomic E-state index is 0.167. The fraction of sp³-hybridized carbons (Fsp3) is 0.0556. The third-order valence-electron chi connectivity index (χ3n) is 3.85. The van der Waals surface area contributed by atoms with Gasteiger partial charge < -0.3 is 14.3 Å². The van der Waals surface area contributed by atoms with E-state index in [0.29, 0.717) is 22.5 Å². The number of rotatable bonds is 3. The molecule has 124 valence electrons. The van der Waals surface area contributed by atoms with Crippen LogP contribution in [0.3, 0.4) is 0 Å². The molecular formula is C18H13N3O4. The van der Waals surface area contributed by atoms with Crippen LogP contribution in [0, 0.1) is 0 Å². The lowest BCUT2D eigenvalue weighted by atomic mass is 10.1. The fourth-order valence-corrected chi connectivity index (χ4v) is 2.52. The van der Waals surface area contributed by atoms with E-state index in [4.69, 9.17) is 8.94 Å². The van der Waals surface area contributed by atoms with Crippen LogP contribution in [0.5, 0.6) is 0 Å². The maximum Gasteiger partial charge on any atom is 0.419 e. The third-order valence-corrected chi connectivity index (χ3v) is 3.85. The number of nitrogens with zero attached hydrogens (tertiary/aromatic N) is 2. The molecule has 2 aromatic carbocycles. The molecule has 25 heavy (non-hydrogen) atoms. The Hall–Kier alpha value is -3.61. The summed E-state index contributed by atoms with van der Waals surface area (Å²) in [5, 5.41) is 6.55. The van der Waals surface area contributed by atoms with Crippen LogP contribution in [0.1, 0.15) is 10.5 Å². The van der Waals surface area contributed by atoms with Crippen molar-refractivity contribution in [1.29, 1.82) is 0 Å². The number of hydrogen-bond donors (Lipinski definition) is 1. The highest BCUT2D eigenvalue weighted by Crippen LogP contribution is 2.21. The number of nitrogens with one attached hydrogen (secondary N) is 1. The van der Waals surface area contributed by atoms with Crippen molar-refractivity contribution in [3.8, 4) is 11.3 Å². The summed E-state index contributed by atoms with van der Waals surface area (Å²) in [7, 11) is 1.60. The molecule has 0 fully saturated rings. The summed E-state index contributed by atoms with van der Waals surface area (Å²) in [6.45, 7) is 0. The summed E-state index contributed by atoms with van der Waals surface area (Å²) in [6.07, 6.45) is 0. The van der Waals surface area contributed by atoms with Gasteiger partial charge >= 0.3 is 5.76 Å². The molecule has 2 aromatic heterocycles. The van der Waals surface area contributed by atoms with Crippen molar-refractivity contribution in [3.05, 3.63) is 70.8 Å². The highest BCUT2D eigenvalue weighted by molar-refractivity contribution is 6.04. The first-order valence-corrected chi connectivity index (χ1v) is 7.55. The van der Waals surface area contributed by atoms with Crippen LogP contribution in [-0.4, -0.2) is 15.6 Å². The number of oxazole rings is 1. The molecule has 0 aliphatic heterocycles. The van der Waals surface area contributed by atoms with Crippen molar-refractivity contribution in [2.45, 2.75) is 0 Å². The molecule has 7 heteroatoms. The molecule has 0 saturated heterocycles. The first-order valence-electron chi connectivity index (χ1n) is 7.55. The minimum atomic E-state index is -0.456. The van der Waals surface area contributed by atoms with Gasteiger partial charge in [-0.3, -0.25) is 9.36 Å². The molecule has 0 radical (unpaired) electrons. The molecule has 4 rings (SSSR count). The number of aromatic nitrogens is 2. The van der Waals surface area contributed by atoms with Crippen molar-refractivity contribution in [2.75, 3.05) is 5.32 Å². The number of hydrogen-bond acceptors (Lipinski definition) is 5. The zero-order valence-electron chi connectivity index (χ0n) is 13.2. The highest BCUT2D eigenvalue weighted by atomic mass is 16.5. The van der Waals surface area contributed by atoms with Crippen LogP contribution in [0.25, 0.3) is 22.4 Å². The van der Waals surface area contributed by atoms with Gasteiger partial charge in [-0.1, -0.05) is 35.5 Å². The number of anilines is 1. The number of fused-ring (bicyclic) bond motifs is 1. The first-order chi connectivity index (χ1) is 12.1. The van der Waals surface area contributed by atoms with E-state index in [-0.39, 0.29) is 5.69 Å². The van der Waals surface area contributed by atoms with Gasteiger partial charge in [0, 0.05) is 24.4 Å². The number of benzene rings is 2. The molecule has 7 nitrogen and oxygen atoms in total. The van der Waals surface area contributed by atoms with E-state index in [1.54, 1.807) is 31.3 Å². The normalized spacial score (nSPS) is 10.9.